The van der Waals surface area contributed by atoms with E-state index in [0.29, 0.717) is 0 Å². The number of H-pyrrole nitrogens is 1. The lowest BCUT2D eigenvalue weighted by molar-refractivity contribution is 0.843. The smallest absolute Gasteiger partial charge is 0.244 e. The fourth-order valence-corrected chi connectivity index (χ4v) is 1.07. The average molecular weight is 197 g/mol. The molecule has 5 heteroatoms. The van der Waals surface area contributed by atoms with E-state index in [1.807, 2.05) is 24.3 Å². The van der Waals surface area contributed by atoms with Gasteiger partial charge in [-0.2, -0.15) is 0 Å². The Labute approximate surface area is 86.2 Å². The van der Waals surface area contributed by atoms with Gasteiger partial charge >= 0.3 is 0 Å². The van der Waals surface area contributed by atoms with Crippen LogP contribution in [0.4, 0.5) is 0 Å². The van der Waals surface area contributed by atoms with Gasteiger partial charge in [0.25, 0.3) is 0 Å². The molecule has 0 aliphatic carbocycles. The molecule has 1 aromatic carbocycles. The topological polar surface area (TPSA) is 67.3 Å². The summed E-state index contributed by atoms with van der Waals surface area (Å²) in [7, 11) is 0. The van der Waals surface area contributed by atoms with Gasteiger partial charge in [0.05, 0.1) is 6.20 Å². The van der Waals surface area contributed by atoms with E-state index in [4.69, 9.17) is 0 Å². The standard InChI is InChI=1S/C8H6N.C2HN4/c1-2-4-8-7(3-1)5-6-9-8;1-3-5-2-6-4-1/h1-5,9H;1H. The Kier molecular flexibility index (Phi) is 2.97. The zero-order valence-electron chi connectivity index (χ0n) is 7.75. The van der Waals surface area contributed by atoms with Crippen molar-refractivity contribution in [2.75, 3.05) is 0 Å². The maximum Gasteiger partial charge on any atom is 0.244 e. The first-order valence-electron chi connectivity index (χ1n) is 4.27. The number of hydrogen-bond donors (Lipinski definition) is 1. The molecule has 3 rings (SSSR count). The molecule has 0 fully saturated rings. The number of nitrogens with zero attached hydrogens (tertiary/aromatic N) is 4. The normalized spacial score (nSPS) is 9.33. The number of para-hydroxylation sites is 1. The van der Waals surface area contributed by atoms with Crippen LogP contribution in [0.25, 0.3) is 10.9 Å². The Morgan fingerprint density at radius 1 is 1.07 bits per heavy atom. The van der Waals surface area contributed by atoms with E-state index < -0.39 is 0 Å². The molecule has 2 radical (unpaired) electrons. The predicted molar refractivity (Wildman–Crippen MR) is 53.6 cm³/mol. The highest BCUT2D eigenvalue weighted by Crippen LogP contribution is 2.08. The SMILES string of the molecule is [c]1cc2ccccc2[nH]1.[c]1nncnn1. The van der Waals surface area contributed by atoms with Crippen LogP contribution in [0, 0.1) is 12.5 Å². The van der Waals surface area contributed by atoms with Crippen LogP contribution in [0.1, 0.15) is 0 Å². The van der Waals surface area contributed by atoms with Crippen LogP contribution in [0.3, 0.4) is 0 Å². The zero-order valence-corrected chi connectivity index (χ0v) is 7.75. The summed E-state index contributed by atoms with van der Waals surface area (Å²) in [6, 6.07) is 10.1. The highest BCUT2D eigenvalue weighted by molar-refractivity contribution is 5.78. The van der Waals surface area contributed by atoms with Crippen LogP contribution in [0.2, 0.25) is 0 Å². The molecule has 0 spiro atoms. The van der Waals surface area contributed by atoms with E-state index in [1.54, 1.807) is 0 Å². The summed E-state index contributed by atoms with van der Waals surface area (Å²) in [4.78, 5) is 2.99. The highest BCUT2D eigenvalue weighted by Gasteiger charge is 1.87. The Bertz CT molecular complexity index is 448. The van der Waals surface area contributed by atoms with Crippen molar-refractivity contribution in [1.82, 2.24) is 25.4 Å². The number of benzene rings is 1. The first-order chi connectivity index (χ1) is 7.47. The van der Waals surface area contributed by atoms with Gasteiger partial charge in [-0.05, 0) is 12.1 Å². The molecule has 0 aliphatic rings. The van der Waals surface area contributed by atoms with Crippen molar-refractivity contribution in [3.63, 3.8) is 0 Å². The number of nitrogens with one attached hydrogen (secondary N) is 1. The van der Waals surface area contributed by atoms with Crippen molar-refractivity contribution in [3.05, 3.63) is 49.2 Å². The molecule has 0 saturated carbocycles. The molecule has 0 bridgehead atoms. The minimum Gasteiger partial charge on any atom is -0.353 e. The number of aromatic nitrogens is 5. The molecule has 72 valence electrons. The van der Waals surface area contributed by atoms with Crippen LogP contribution in [-0.2, 0) is 0 Å². The quantitative estimate of drug-likeness (QED) is 0.584. The minimum atomic E-state index is 1.15. The minimum absolute atomic E-state index is 1.15. The summed E-state index contributed by atoms with van der Waals surface area (Å²) in [5, 5.41) is 14.3. The van der Waals surface area contributed by atoms with E-state index in [9.17, 15) is 0 Å². The zero-order chi connectivity index (χ0) is 10.3. The average Bonchev–Trinajstić information content (AvgIpc) is 2.80. The first kappa shape index (κ1) is 9.26. The van der Waals surface area contributed by atoms with Gasteiger partial charge < -0.3 is 4.98 Å². The van der Waals surface area contributed by atoms with E-state index >= 15 is 0 Å². The highest BCUT2D eigenvalue weighted by atomic mass is 15.2. The molecule has 0 atom stereocenters. The van der Waals surface area contributed by atoms with Crippen molar-refractivity contribution < 1.29 is 0 Å². The Balaban J connectivity index is 0.000000124. The number of hydrogen-bond acceptors (Lipinski definition) is 4. The summed E-state index contributed by atoms with van der Waals surface area (Å²) >= 11 is 0. The fourth-order valence-electron chi connectivity index (χ4n) is 1.07. The van der Waals surface area contributed by atoms with Gasteiger partial charge in [0.1, 0.15) is 0 Å². The third kappa shape index (κ3) is 2.57. The van der Waals surface area contributed by atoms with E-state index in [0.717, 1.165) is 5.52 Å². The Hall–Kier alpha value is -2.30. The summed E-state index contributed by atoms with van der Waals surface area (Å²) in [5.41, 5.74) is 1.15. The summed E-state index contributed by atoms with van der Waals surface area (Å²) in [6.45, 7) is 0. The Morgan fingerprint density at radius 2 is 1.87 bits per heavy atom. The second-order valence-corrected chi connectivity index (χ2v) is 2.65. The lowest BCUT2D eigenvalue weighted by Gasteiger charge is -1.83. The maximum absolute atomic E-state index is 3.31. The van der Waals surface area contributed by atoms with E-state index in [2.05, 4.69) is 44.0 Å². The van der Waals surface area contributed by atoms with Crippen LogP contribution >= 0.6 is 0 Å². The van der Waals surface area contributed by atoms with E-state index in [-0.39, 0.29) is 0 Å². The van der Waals surface area contributed by atoms with Crippen LogP contribution < -0.4 is 0 Å². The van der Waals surface area contributed by atoms with Gasteiger partial charge in [0.2, 0.25) is 6.33 Å². The number of aromatic amines is 1. The van der Waals surface area contributed by atoms with Crippen LogP contribution in [0.15, 0.2) is 36.7 Å². The van der Waals surface area contributed by atoms with Gasteiger partial charge in [-0.3, -0.25) is 0 Å². The van der Waals surface area contributed by atoms with Gasteiger partial charge in [-0.1, -0.05) is 18.2 Å². The Morgan fingerprint density at radius 3 is 2.47 bits per heavy atom. The van der Waals surface area contributed by atoms with Gasteiger partial charge in [-0.25, -0.2) is 0 Å². The molecule has 0 unspecified atom stereocenters. The molecule has 0 aliphatic heterocycles. The third-order valence-corrected chi connectivity index (χ3v) is 1.70. The largest absolute Gasteiger partial charge is 0.353 e. The second kappa shape index (κ2) is 4.80. The number of rotatable bonds is 0. The van der Waals surface area contributed by atoms with Gasteiger partial charge in [-0.15, -0.1) is 20.4 Å². The van der Waals surface area contributed by atoms with Crippen molar-refractivity contribution in [2.24, 2.45) is 0 Å². The monoisotopic (exact) mass is 197 g/mol. The molecule has 2 heterocycles. The molecule has 0 saturated heterocycles. The summed E-state index contributed by atoms with van der Waals surface area (Å²) < 4.78 is 0. The van der Waals surface area contributed by atoms with Gasteiger partial charge in [0.15, 0.2) is 6.33 Å². The van der Waals surface area contributed by atoms with Crippen molar-refractivity contribution in [2.45, 2.75) is 0 Å². The van der Waals surface area contributed by atoms with Crippen molar-refractivity contribution in [3.8, 4) is 0 Å². The van der Waals surface area contributed by atoms with Gasteiger partial charge in [0, 0.05) is 10.9 Å². The molecule has 3 aromatic rings. The van der Waals surface area contributed by atoms with Crippen molar-refractivity contribution in [1.29, 1.82) is 0 Å². The van der Waals surface area contributed by atoms with Crippen LogP contribution in [-0.4, -0.2) is 25.4 Å². The van der Waals surface area contributed by atoms with Crippen molar-refractivity contribution >= 4 is 10.9 Å². The molecule has 5 nitrogen and oxygen atoms in total. The molecule has 1 N–H and O–H groups in total. The summed E-state index contributed by atoms with van der Waals surface area (Å²) in [5.74, 6) is 0. The molecular formula is C10H7N5. The van der Waals surface area contributed by atoms with Crippen LogP contribution in [0.5, 0.6) is 0 Å². The molecule has 15 heavy (non-hydrogen) atoms. The summed E-state index contributed by atoms with van der Waals surface area (Å²) in [6.07, 6.45) is 6.33. The second-order valence-electron chi connectivity index (χ2n) is 2.65. The lowest BCUT2D eigenvalue weighted by atomic mass is 10.3. The first-order valence-corrected chi connectivity index (χ1v) is 4.27. The maximum atomic E-state index is 3.31. The molecule has 0 amide bonds. The molecular weight excluding hydrogens is 190 g/mol. The predicted octanol–water partition coefficient (Wildman–Crippen LogP) is 1.03. The molecule has 2 aromatic heterocycles. The number of fused-ring (bicyclic) bond motifs is 1. The lowest BCUT2D eigenvalue weighted by Crippen LogP contribution is -1.83. The fraction of sp³-hybridized carbons (Fsp3) is 0. The van der Waals surface area contributed by atoms with E-state index in [1.165, 1.54) is 11.7 Å². The third-order valence-electron chi connectivity index (χ3n) is 1.70.